The van der Waals surface area contributed by atoms with Crippen molar-refractivity contribution in [1.29, 1.82) is 0 Å². The van der Waals surface area contributed by atoms with Crippen LogP contribution in [0.5, 0.6) is 0 Å². The largest absolute Gasteiger partial charge is 0.392 e. The van der Waals surface area contributed by atoms with Crippen LogP contribution in [-0.2, 0) is 0 Å². The second-order valence-electron chi connectivity index (χ2n) is 3.16. The topological polar surface area (TPSA) is 32.3 Å². The molecular formula is C9H21NO. The van der Waals surface area contributed by atoms with Crippen LogP contribution in [0, 0.1) is 5.92 Å². The summed E-state index contributed by atoms with van der Waals surface area (Å²) in [5.74, 6) is 0.416. The van der Waals surface area contributed by atoms with Crippen molar-refractivity contribution in [2.24, 2.45) is 5.92 Å². The normalized spacial score (nSPS) is 16.4. The van der Waals surface area contributed by atoms with E-state index in [0.29, 0.717) is 5.92 Å². The van der Waals surface area contributed by atoms with Crippen molar-refractivity contribution in [2.75, 3.05) is 13.1 Å². The average Bonchev–Trinajstić information content (AvgIpc) is 2.03. The van der Waals surface area contributed by atoms with Crippen LogP contribution in [0.4, 0.5) is 0 Å². The van der Waals surface area contributed by atoms with Gasteiger partial charge in [-0.1, -0.05) is 27.2 Å². The van der Waals surface area contributed by atoms with E-state index in [0.717, 1.165) is 25.9 Å². The molecule has 68 valence electrons. The smallest absolute Gasteiger partial charge is 0.0689 e. The van der Waals surface area contributed by atoms with E-state index in [2.05, 4.69) is 26.1 Å². The fourth-order valence-corrected chi connectivity index (χ4v) is 0.900. The van der Waals surface area contributed by atoms with Crippen molar-refractivity contribution < 1.29 is 5.11 Å². The second kappa shape index (κ2) is 6.62. The zero-order valence-corrected chi connectivity index (χ0v) is 7.93. The van der Waals surface area contributed by atoms with Crippen LogP contribution in [0.25, 0.3) is 0 Å². The van der Waals surface area contributed by atoms with Gasteiger partial charge in [-0.3, -0.25) is 0 Å². The first-order valence-electron chi connectivity index (χ1n) is 4.61. The summed E-state index contributed by atoms with van der Waals surface area (Å²) >= 11 is 0. The Morgan fingerprint density at radius 1 is 1.36 bits per heavy atom. The first-order valence-corrected chi connectivity index (χ1v) is 4.61. The Morgan fingerprint density at radius 2 is 2.00 bits per heavy atom. The van der Waals surface area contributed by atoms with Crippen molar-refractivity contribution >= 4 is 0 Å². The lowest BCUT2D eigenvalue weighted by molar-refractivity contribution is 0.113. The summed E-state index contributed by atoms with van der Waals surface area (Å²) in [7, 11) is 0. The van der Waals surface area contributed by atoms with Crippen LogP contribution < -0.4 is 5.32 Å². The standard InChI is InChI=1S/C9H21NO/c1-4-6-10-7-9(11)8(3)5-2/h8-11H,4-7H2,1-3H3. The number of rotatable bonds is 6. The molecule has 0 amide bonds. The number of nitrogens with one attached hydrogen (secondary N) is 1. The fourth-order valence-electron chi connectivity index (χ4n) is 0.900. The Hall–Kier alpha value is -0.0800. The molecule has 2 atom stereocenters. The van der Waals surface area contributed by atoms with Gasteiger partial charge in [0.05, 0.1) is 6.10 Å². The quantitative estimate of drug-likeness (QED) is 0.574. The molecule has 0 saturated carbocycles. The molecule has 0 saturated heterocycles. The van der Waals surface area contributed by atoms with Crippen LogP contribution in [0.15, 0.2) is 0 Å². The van der Waals surface area contributed by atoms with E-state index >= 15 is 0 Å². The Labute approximate surface area is 70.0 Å². The van der Waals surface area contributed by atoms with E-state index in [4.69, 9.17) is 0 Å². The van der Waals surface area contributed by atoms with Gasteiger partial charge < -0.3 is 10.4 Å². The van der Waals surface area contributed by atoms with E-state index in [1.165, 1.54) is 0 Å². The van der Waals surface area contributed by atoms with Gasteiger partial charge in [-0.05, 0) is 18.9 Å². The fraction of sp³-hybridized carbons (Fsp3) is 1.00. The first kappa shape index (κ1) is 10.9. The molecule has 0 bridgehead atoms. The second-order valence-corrected chi connectivity index (χ2v) is 3.16. The van der Waals surface area contributed by atoms with Crippen molar-refractivity contribution in [3.63, 3.8) is 0 Å². The van der Waals surface area contributed by atoms with Crippen molar-refractivity contribution in [3.05, 3.63) is 0 Å². The van der Waals surface area contributed by atoms with Crippen LogP contribution >= 0.6 is 0 Å². The van der Waals surface area contributed by atoms with Gasteiger partial charge in [-0.15, -0.1) is 0 Å². The van der Waals surface area contributed by atoms with E-state index < -0.39 is 0 Å². The molecule has 0 aliphatic rings. The SMILES string of the molecule is CCCNCC(O)C(C)CC. The lowest BCUT2D eigenvalue weighted by atomic mass is 10.0. The molecule has 0 spiro atoms. The minimum atomic E-state index is -0.174. The highest BCUT2D eigenvalue weighted by Crippen LogP contribution is 2.05. The van der Waals surface area contributed by atoms with Gasteiger partial charge in [-0.25, -0.2) is 0 Å². The van der Waals surface area contributed by atoms with E-state index in [1.54, 1.807) is 0 Å². The third-order valence-electron chi connectivity index (χ3n) is 2.08. The van der Waals surface area contributed by atoms with E-state index in [9.17, 15) is 5.11 Å². The highest BCUT2D eigenvalue weighted by molar-refractivity contribution is 4.65. The summed E-state index contributed by atoms with van der Waals surface area (Å²) < 4.78 is 0. The minimum Gasteiger partial charge on any atom is -0.392 e. The molecule has 2 N–H and O–H groups in total. The number of hydrogen-bond acceptors (Lipinski definition) is 2. The molecule has 0 aliphatic heterocycles. The minimum absolute atomic E-state index is 0.174. The summed E-state index contributed by atoms with van der Waals surface area (Å²) in [6, 6.07) is 0. The maximum atomic E-state index is 9.48. The van der Waals surface area contributed by atoms with Crippen molar-refractivity contribution in [2.45, 2.75) is 39.7 Å². The van der Waals surface area contributed by atoms with Gasteiger partial charge in [0.25, 0.3) is 0 Å². The maximum Gasteiger partial charge on any atom is 0.0689 e. The highest BCUT2D eigenvalue weighted by Gasteiger charge is 2.10. The highest BCUT2D eigenvalue weighted by atomic mass is 16.3. The van der Waals surface area contributed by atoms with Gasteiger partial charge in [0.2, 0.25) is 0 Å². The van der Waals surface area contributed by atoms with Gasteiger partial charge in [0.15, 0.2) is 0 Å². The first-order chi connectivity index (χ1) is 5.22. The molecule has 11 heavy (non-hydrogen) atoms. The zero-order valence-electron chi connectivity index (χ0n) is 7.93. The van der Waals surface area contributed by atoms with Crippen LogP contribution in [0.3, 0.4) is 0 Å². The lowest BCUT2D eigenvalue weighted by Crippen LogP contribution is -2.31. The molecule has 0 aromatic rings. The third kappa shape index (κ3) is 5.22. The number of hydrogen-bond donors (Lipinski definition) is 2. The number of aliphatic hydroxyl groups is 1. The molecule has 0 rings (SSSR count). The van der Waals surface area contributed by atoms with Gasteiger partial charge in [0.1, 0.15) is 0 Å². The molecule has 0 radical (unpaired) electrons. The van der Waals surface area contributed by atoms with E-state index in [-0.39, 0.29) is 6.10 Å². The summed E-state index contributed by atoms with van der Waals surface area (Å²) in [4.78, 5) is 0. The number of aliphatic hydroxyl groups excluding tert-OH is 1. The summed E-state index contributed by atoms with van der Waals surface area (Å²) in [5.41, 5.74) is 0. The summed E-state index contributed by atoms with van der Waals surface area (Å²) in [6.07, 6.45) is 2.01. The summed E-state index contributed by atoms with van der Waals surface area (Å²) in [5, 5.41) is 12.7. The molecule has 0 heterocycles. The molecule has 0 aliphatic carbocycles. The summed E-state index contributed by atoms with van der Waals surface area (Å²) in [6.45, 7) is 8.06. The van der Waals surface area contributed by atoms with E-state index in [1.807, 2.05) is 0 Å². The maximum absolute atomic E-state index is 9.48. The molecule has 0 aromatic heterocycles. The van der Waals surface area contributed by atoms with Crippen LogP contribution in [-0.4, -0.2) is 24.3 Å². The predicted molar refractivity (Wildman–Crippen MR) is 48.6 cm³/mol. The molecule has 0 fully saturated rings. The molecule has 2 heteroatoms. The van der Waals surface area contributed by atoms with Gasteiger partial charge >= 0.3 is 0 Å². The van der Waals surface area contributed by atoms with Crippen molar-refractivity contribution in [3.8, 4) is 0 Å². The molecular weight excluding hydrogens is 138 g/mol. The monoisotopic (exact) mass is 159 g/mol. The average molecular weight is 159 g/mol. The van der Waals surface area contributed by atoms with Gasteiger partial charge in [0, 0.05) is 6.54 Å². The third-order valence-corrected chi connectivity index (χ3v) is 2.08. The lowest BCUT2D eigenvalue weighted by Gasteiger charge is -2.17. The Bertz CT molecular complexity index is 85.6. The van der Waals surface area contributed by atoms with Crippen molar-refractivity contribution in [1.82, 2.24) is 5.32 Å². The van der Waals surface area contributed by atoms with Crippen LogP contribution in [0.1, 0.15) is 33.6 Å². The van der Waals surface area contributed by atoms with Gasteiger partial charge in [-0.2, -0.15) is 0 Å². The molecule has 0 aromatic carbocycles. The zero-order chi connectivity index (χ0) is 8.69. The predicted octanol–water partition coefficient (Wildman–Crippen LogP) is 1.39. The molecule has 2 unspecified atom stereocenters. The Balaban J connectivity index is 3.28. The van der Waals surface area contributed by atoms with Crippen LogP contribution in [0.2, 0.25) is 0 Å². The Kier molecular flexibility index (Phi) is 6.57. The molecule has 2 nitrogen and oxygen atoms in total. The Morgan fingerprint density at radius 3 is 2.45 bits per heavy atom.